The van der Waals surface area contributed by atoms with Crippen LogP contribution in [0.5, 0.6) is 5.75 Å². The molecular formula is C14H15N2O3S-. The third-order valence-electron chi connectivity index (χ3n) is 2.77. The van der Waals surface area contributed by atoms with Gasteiger partial charge in [-0.2, -0.15) is 0 Å². The van der Waals surface area contributed by atoms with Crippen molar-refractivity contribution in [3.63, 3.8) is 0 Å². The van der Waals surface area contributed by atoms with E-state index in [0.29, 0.717) is 17.2 Å². The van der Waals surface area contributed by atoms with Crippen LogP contribution in [0.1, 0.15) is 5.56 Å². The summed E-state index contributed by atoms with van der Waals surface area (Å²) in [5.74, 6) is 1.35. The minimum absolute atomic E-state index is 0.186. The summed E-state index contributed by atoms with van der Waals surface area (Å²) in [7, 11) is 1.59. The van der Waals surface area contributed by atoms with Gasteiger partial charge in [-0.25, -0.2) is 0 Å². The fraction of sp³-hybridized carbons (Fsp3) is 0.143. The lowest BCUT2D eigenvalue weighted by Crippen LogP contribution is -2.96. The van der Waals surface area contributed by atoms with Gasteiger partial charge in [0.15, 0.2) is 0 Å². The smallest absolute Gasteiger partial charge is 0.131 e. The lowest BCUT2D eigenvalue weighted by atomic mass is 10.2. The van der Waals surface area contributed by atoms with Gasteiger partial charge in [0, 0.05) is 28.5 Å². The van der Waals surface area contributed by atoms with Crippen molar-refractivity contribution < 1.29 is 9.96 Å². The van der Waals surface area contributed by atoms with Gasteiger partial charge in [-0.3, -0.25) is 0 Å². The Hall–Kier alpha value is -1.73. The summed E-state index contributed by atoms with van der Waals surface area (Å²) in [6.07, 6.45) is 0. The number of ether oxygens (including phenoxy) is 1. The molecule has 0 amide bonds. The van der Waals surface area contributed by atoms with Crippen molar-refractivity contribution >= 4 is 23.1 Å². The van der Waals surface area contributed by atoms with Crippen LogP contribution >= 0.6 is 11.8 Å². The van der Waals surface area contributed by atoms with E-state index >= 15 is 0 Å². The molecule has 0 aliphatic carbocycles. The van der Waals surface area contributed by atoms with Gasteiger partial charge in [0.1, 0.15) is 11.4 Å². The lowest BCUT2D eigenvalue weighted by molar-refractivity contribution is -0.715. The first-order valence-corrected chi connectivity index (χ1v) is 6.95. The maximum atomic E-state index is 10.8. The molecule has 2 rings (SSSR count). The number of hydrogen-bond acceptors (Lipinski definition) is 5. The summed E-state index contributed by atoms with van der Waals surface area (Å²) in [5.41, 5.74) is 7.67. The van der Waals surface area contributed by atoms with Crippen LogP contribution in [-0.2, 0) is 5.75 Å². The molecule has 0 saturated carbocycles. The molecule has 0 aromatic heterocycles. The summed E-state index contributed by atoms with van der Waals surface area (Å²) in [4.78, 5) is 0.935. The van der Waals surface area contributed by atoms with Gasteiger partial charge in [0.05, 0.1) is 7.11 Å². The van der Waals surface area contributed by atoms with Crippen molar-refractivity contribution in [1.82, 2.24) is 0 Å². The molecule has 0 saturated heterocycles. The molecule has 2 aromatic carbocycles. The second-order valence-electron chi connectivity index (χ2n) is 4.18. The molecule has 6 heteroatoms. The summed E-state index contributed by atoms with van der Waals surface area (Å²) in [6.45, 7) is 0. The van der Waals surface area contributed by atoms with E-state index in [9.17, 15) is 10.4 Å². The number of hydrogen-bond donors (Lipinski definition) is 2. The van der Waals surface area contributed by atoms with Gasteiger partial charge in [0.25, 0.3) is 0 Å². The van der Waals surface area contributed by atoms with Crippen LogP contribution < -0.4 is 15.7 Å². The Kier molecular flexibility index (Phi) is 4.86. The maximum Gasteiger partial charge on any atom is 0.131 e. The van der Waals surface area contributed by atoms with E-state index < -0.39 is 5.23 Å². The first-order valence-electron chi connectivity index (χ1n) is 5.97. The first-order chi connectivity index (χ1) is 9.60. The van der Waals surface area contributed by atoms with Crippen LogP contribution in [0.2, 0.25) is 0 Å². The molecule has 0 unspecified atom stereocenters. The Morgan fingerprint density at radius 3 is 2.65 bits per heavy atom. The summed E-state index contributed by atoms with van der Waals surface area (Å²) >= 11 is 1.55. The normalized spacial score (nSPS) is 10.8. The zero-order valence-electron chi connectivity index (χ0n) is 11.0. The zero-order chi connectivity index (χ0) is 14.5. The van der Waals surface area contributed by atoms with Gasteiger partial charge in [0.2, 0.25) is 0 Å². The molecule has 0 aliphatic rings. The molecule has 2 aromatic rings. The molecule has 3 N–H and O–H groups in total. The lowest BCUT2D eigenvalue weighted by Gasteiger charge is -2.24. The number of nitrogens with one attached hydrogen (secondary N) is 1. The van der Waals surface area contributed by atoms with Crippen molar-refractivity contribution in [2.45, 2.75) is 10.6 Å². The van der Waals surface area contributed by atoms with Crippen LogP contribution in [-0.4, -0.2) is 7.11 Å². The summed E-state index contributed by atoms with van der Waals surface area (Å²) in [6, 6.07) is 12.2. The average molecular weight is 291 g/mol. The minimum atomic E-state index is -1.17. The summed E-state index contributed by atoms with van der Waals surface area (Å²) in [5, 5.41) is 20.4. The standard InChI is InChI=1S/C14H15N2O3S/c1-19-12-5-6-14(13(15)8-12)20-9-10-3-2-4-11(7-10)16(17)18/h2-8,16H,9,15H2,1H3/q-1. The van der Waals surface area contributed by atoms with Crippen molar-refractivity contribution in [2.75, 3.05) is 12.8 Å². The number of methoxy groups -OCH3 is 1. The van der Waals surface area contributed by atoms with E-state index in [-0.39, 0.29) is 5.69 Å². The molecule has 0 radical (unpaired) electrons. The molecular weight excluding hydrogens is 276 g/mol. The van der Waals surface area contributed by atoms with E-state index in [2.05, 4.69) is 0 Å². The van der Waals surface area contributed by atoms with Gasteiger partial charge in [-0.15, -0.1) is 11.8 Å². The number of benzene rings is 2. The Morgan fingerprint density at radius 1 is 1.20 bits per heavy atom. The van der Waals surface area contributed by atoms with Gasteiger partial charge in [-0.05, 0) is 23.8 Å². The third-order valence-corrected chi connectivity index (χ3v) is 3.93. The molecule has 0 heterocycles. The van der Waals surface area contributed by atoms with Crippen LogP contribution in [0.4, 0.5) is 11.4 Å². The minimum Gasteiger partial charge on any atom is -0.628 e. The molecule has 0 aliphatic heterocycles. The zero-order valence-corrected chi connectivity index (χ0v) is 11.8. The van der Waals surface area contributed by atoms with Crippen molar-refractivity contribution in [1.29, 1.82) is 0 Å². The van der Waals surface area contributed by atoms with Crippen molar-refractivity contribution in [3.05, 3.63) is 58.4 Å². The van der Waals surface area contributed by atoms with E-state index in [0.717, 1.165) is 10.5 Å². The fourth-order valence-electron chi connectivity index (χ4n) is 1.73. The van der Waals surface area contributed by atoms with Crippen molar-refractivity contribution in [3.8, 4) is 5.75 Å². The number of anilines is 1. The highest BCUT2D eigenvalue weighted by Crippen LogP contribution is 2.31. The van der Waals surface area contributed by atoms with E-state index in [1.807, 2.05) is 18.2 Å². The van der Waals surface area contributed by atoms with Crippen molar-refractivity contribution in [2.24, 2.45) is 0 Å². The second-order valence-corrected chi connectivity index (χ2v) is 5.20. The van der Waals surface area contributed by atoms with E-state index in [4.69, 9.17) is 10.5 Å². The van der Waals surface area contributed by atoms with Gasteiger partial charge in [-0.1, -0.05) is 12.1 Å². The Labute approximate surface area is 121 Å². The molecule has 5 nitrogen and oxygen atoms in total. The predicted octanol–water partition coefficient (Wildman–Crippen LogP) is 2.08. The average Bonchev–Trinajstić information content (AvgIpc) is 2.46. The Balaban J connectivity index is 2.07. The summed E-state index contributed by atoms with van der Waals surface area (Å²) < 4.78 is 5.09. The number of quaternary nitrogens is 1. The van der Waals surface area contributed by atoms with E-state index in [1.54, 1.807) is 37.1 Å². The largest absolute Gasteiger partial charge is 0.628 e. The van der Waals surface area contributed by atoms with Crippen LogP contribution in [0.15, 0.2) is 47.4 Å². The molecule has 0 fully saturated rings. The highest BCUT2D eigenvalue weighted by atomic mass is 32.2. The Bertz CT molecular complexity index is 590. The topological polar surface area (TPSA) is 85.8 Å². The van der Waals surface area contributed by atoms with E-state index in [1.165, 1.54) is 6.07 Å². The molecule has 0 spiro atoms. The molecule has 20 heavy (non-hydrogen) atoms. The number of nitrogens with two attached hydrogens (primary N) is 1. The molecule has 0 bridgehead atoms. The van der Waals surface area contributed by atoms with Crippen LogP contribution in [0.25, 0.3) is 0 Å². The molecule has 106 valence electrons. The molecule has 0 atom stereocenters. The fourth-order valence-corrected chi connectivity index (χ4v) is 2.63. The monoisotopic (exact) mass is 291 g/mol. The first kappa shape index (κ1) is 14.7. The highest BCUT2D eigenvalue weighted by Gasteiger charge is 2.04. The number of thioether (sulfide) groups is 1. The van der Waals surface area contributed by atoms with Gasteiger partial charge >= 0.3 is 0 Å². The quantitative estimate of drug-likeness (QED) is 0.500. The Morgan fingerprint density at radius 2 is 2.00 bits per heavy atom. The number of nitrogen functional groups attached to an aromatic ring is 1. The third kappa shape index (κ3) is 3.64. The highest BCUT2D eigenvalue weighted by molar-refractivity contribution is 7.98. The SMILES string of the molecule is COc1ccc(SCc2cccc([NH+]([O-])[O-])c2)c(N)c1. The van der Waals surface area contributed by atoms with Gasteiger partial charge < -0.3 is 26.1 Å². The predicted molar refractivity (Wildman–Crippen MR) is 80.8 cm³/mol. The second kappa shape index (κ2) is 6.62. The van der Waals surface area contributed by atoms with Crippen LogP contribution in [0, 0.1) is 10.4 Å². The number of rotatable bonds is 5. The maximum absolute atomic E-state index is 10.8. The van der Waals surface area contributed by atoms with Crippen LogP contribution in [0.3, 0.4) is 0 Å².